The zero-order valence-electron chi connectivity index (χ0n) is 10.6. The predicted octanol–water partition coefficient (Wildman–Crippen LogP) is 2.20. The summed E-state index contributed by atoms with van der Waals surface area (Å²) in [6, 6.07) is 4.62. The summed E-state index contributed by atoms with van der Waals surface area (Å²) < 4.78 is 15.4. The zero-order chi connectivity index (χ0) is 13.4. The molecule has 5 heteroatoms. The number of hydrogen-bond acceptors (Lipinski definition) is 4. The van der Waals surface area contributed by atoms with Crippen molar-refractivity contribution in [3.8, 4) is 11.5 Å². The fourth-order valence-electron chi connectivity index (χ4n) is 1.43. The third-order valence-corrected chi connectivity index (χ3v) is 2.37. The van der Waals surface area contributed by atoms with E-state index in [-0.39, 0.29) is 5.56 Å². The third-order valence-electron chi connectivity index (χ3n) is 2.37. The van der Waals surface area contributed by atoms with Gasteiger partial charge in [0.2, 0.25) is 0 Å². The number of benzene rings is 1. The molecule has 0 aromatic heterocycles. The van der Waals surface area contributed by atoms with Gasteiger partial charge in [0.25, 0.3) is 0 Å². The molecule has 100 valence electrons. The summed E-state index contributed by atoms with van der Waals surface area (Å²) in [7, 11) is 3.14. The lowest BCUT2D eigenvalue weighted by Crippen LogP contribution is -2.02. The van der Waals surface area contributed by atoms with Crippen LogP contribution in [0.5, 0.6) is 11.5 Å². The van der Waals surface area contributed by atoms with Gasteiger partial charge < -0.3 is 19.3 Å². The van der Waals surface area contributed by atoms with Crippen molar-refractivity contribution in [1.82, 2.24) is 0 Å². The predicted molar refractivity (Wildman–Crippen MR) is 66.6 cm³/mol. The topological polar surface area (TPSA) is 65.0 Å². The maximum absolute atomic E-state index is 10.9. The molecule has 5 nitrogen and oxygen atoms in total. The largest absolute Gasteiger partial charge is 0.497 e. The molecule has 0 saturated heterocycles. The summed E-state index contributed by atoms with van der Waals surface area (Å²) in [6.45, 7) is 1.22. The molecule has 0 aliphatic heterocycles. The number of unbranched alkanes of at least 4 members (excludes halogenated alkanes) is 1. The molecule has 0 aliphatic carbocycles. The van der Waals surface area contributed by atoms with E-state index in [0.29, 0.717) is 24.7 Å². The quantitative estimate of drug-likeness (QED) is 0.720. The molecular formula is C13H18O5. The van der Waals surface area contributed by atoms with Gasteiger partial charge in [0.1, 0.15) is 11.5 Å². The molecule has 0 unspecified atom stereocenters. The number of carboxylic acid groups (broad SMARTS) is 1. The molecule has 0 saturated carbocycles. The Labute approximate surface area is 106 Å². The molecule has 1 N–H and O–H groups in total. The number of hydrogen-bond donors (Lipinski definition) is 1. The second kappa shape index (κ2) is 7.55. The van der Waals surface area contributed by atoms with Crippen LogP contribution in [0, 0.1) is 0 Å². The minimum atomic E-state index is -1.00. The van der Waals surface area contributed by atoms with E-state index in [0.717, 1.165) is 12.8 Å². The van der Waals surface area contributed by atoms with Crippen molar-refractivity contribution in [2.24, 2.45) is 0 Å². The van der Waals surface area contributed by atoms with Crippen LogP contribution in [0.3, 0.4) is 0 Å². The van der Waals surface area contributed by atoms with Crippen LogP contribution in [0.2, 0.25) is 0 Å². The van der Waals surface area contributed by atoms with Crippen molar-refractivity contribution in [2.75, 3.05) is 27.4 Å². The van der Waals surface area contributed by atoms with E-state index in [1.165, 1.54) is 19.2 Å². The Balaban J connectivity index is 2.58. The highest BCUT2D eigenvalue weighted by atomic mass is 16.5. The van der Waals surface area contributed by atoms with Crippen LogP contribution in [-0.4, -0.2) is 38.5 Å². The highest BCUT2D eigenvalue weighted by Gasteiger charge is 2.08. The first-order valence-electron chi connectivity index (χ1n) is 5.71. The van der Waals surface area contributed by atoms with Crippen LogP contribution in [0.25, 0.3) is 0 Å². The second-order valence-corrected chi connectivity index (χ2v) is 3.75. The van der Waals surface area contributed by atoms with Crippen molar-refractivity contribution in [3.63, 3.8) is 0 Å². The molecule has 0 aliphatic rings. The maximum atomic E-state index is 10.9. The molecule has 1 rings (SSSR count). The molecule has 0 bridgehead atoms. The molecule has 1 aromatic carbocycles. The number of rotatable bonds is 8. The van der Waals surface area contributed by atoms with E-state index in [1.54, 1.807) is 13.2 Å². The SMILES string of the molecule is COCCCCOc1cc(OC)cc(C(=O)O)c1. The maximum Gasteiger partial charge on any atom is 0.335 e. The molecule has 0 radical (unpaired) electrons. The lowest BCUT2D eigenvalue weighted by atomic mass is 10.2. The Kier molecular flexibility index (Phi) is 6.00. The van der Waals surface area contributed by atoms with Crippen molar-refractivity contribution in [3.05, 3.63) is 23.8 Å². The van der Waals surface area contributed by atoms with E-state index >= 15 is 0 Å². The van der Waals surface area contributed by atoms with Gasteiger partial charge in [-0.05, 0) is 25.0 Å². The zero-order valence-corrected chi connectivity index (χ0v) is 10.6. The van der Waals surface area contributed by atoms with Crippen molar-refractivity contribution in [2.45, 2.75) is 12.8 Å². The van der Waals surface area contributed by atoms with Crippen LogP contribution < -0.4 is 9.47 Å². The smallest absolute Gasteiger partial charge is 0.335 e. The van der Waals surface area contributed by atoms with Crippen molar-refractivity contribution >= 4 is 5.97 Å². The van der Waals surface area contributed by atoms with E-state index in [9.17, 15) is 4.79 Å². The highest BCUT2D eigenvalue weighted by molar-refractivity contribution is 5.88. The number of carbonyl (C=O) groups is 1. The van der Waals surface area contributed by atoms with E-state index in [4.69, 9.17) is 19.3 Å². The first kappa shape index (κ1) is 14.3. The van der Waals surface area contributed by atoms with Crippen molar-refractivity contribution < 1.29 is 24.1 Å². The highest BCUT2D eigenvalue weighted by Crippen LogP contribution is 2.23. The molecule has 0 heterocycles. The summed E-state index contributed by atoms with van der Waals surface area (Å²) >= 11 is 0. The summed E-state index contributed by atoms with van der Waals surface area (Å²) in [5.41, 5.74) is 0.154. The lowest BCUT2D eigenvalue weighted by Gasteiger charge is -2.09. The van der Waals surface area contributed by atoms with Crippen LogP contribution in [0.15, 0.2) is 18.2 Å². The standard InChI is InChI=1S/C13H18O5/c1-16-5-3-4-6-18-12-8-10(13(14)15)7-11(9-12)17-2/h7-9H,3-6H2,1-2H3,(H,14,15). The summed E-state index contributed by atoms with van der Waals surface area (Å²) in [6.07, 6.45) is 1.76. The first-order chi connectivity index (χ1) is 8.67. The van der Waals surface area contributed by atoms with Gasteiger partial charge in [-0.25, -0.2) is 4.79 Å². The number of methoxy groups -OCH3 is 2. The normalized spacial score (nSPS) is 10.1. The van der Waals surface area contributed by atoms with Crippen molar-refractivity contribution in [1.29, 1.82) is 0 Å². The lowest BCUT2D eigenvalue weighted by molar-refractivity contribution is 0.0696. The van der Waals surface area contributed by atoms with Gasteiger partial charge >= 0.3 is 5.97 Å². The Hall–Kier alpha value is -1.75. The van der Waals surface area contributed by atoms with Crippen LogP contribution in [-0.2, 0) is 4.74 Å². The monoisotopic (exact) mass is 254 g/mol. The van der Waals surface area contributed by atoms with Gasteiger partial charge in [-0.2, -0.15) is 0 Å². The fraction of sp³-hybridized carbons (Fsp3) is 0.462. The molecular weight excluding hydrogens is 236 g/mol. The molecule has 0 fully saturated rings. The molecule has 0 amide bonds. The average Bonchev–Trinajstić information content (AvgIpc) is 2.38. The van der Waals surface area contributed by atoms with E-state index in [1.807, 2.05) is 0 Å². The minimum absolute atomic E-state index is 0.154. The minimum Gasteiger partial charge on any atom is -0.497 e. The Morgan fingerprint density at radius 3 is 2.39 bits per heavy atom. The average molecular weight is 254 g/mol. The van der Waals surface area contributed by atoms with Gasteiger partial charge in [-0.15, -0.1) is 0 Å². The first-order valence-corrected chi connectivity index (χ1v) is 5.71. The molecule has 18 heavy (non-hydrogen) atoms. The van der Waals surface area contributed by atoms with Gasteiger partial charge in [-0.3, -0.25) is 0 Å². The number of ether oxygens (including phenoxy) is 3. The van der Waals surface area contributed by atoms with Crippen LogP contribution >= 0.6 is 0 Å². The van der Waals surface area contributed by atoms with E-state index in [2.05, 4.69) is 0 Å². The molecule has 1 aromatic rings. The number of aromatic carboxylic acids is 1. The summed E-state index contributed by atoms with van der Waals surface area (Å²) in [4.78, 5) is 10.9. The summed E-state index contributed by atoms with van der Waals surface area (Å²) in [5, 5.41) is 8.94. The Morgan fingerprint density at radius 1 is 1.11 bits per heavy atom. The number of carboxylic acids is 1. The van der Waals surface area contributed by atoms with Crippen LogP contribution in [0.4, 0.5) is 0 Å². The fourth-order valence-corrected chi connectivity index (χ4v) is 1.43. The van der Waals surface area contributed by atoms with Gasteiger partial charge in [-0.1, -0.05) is 0 Å². The second-order valence-electron chi connectivity index (χ2n) is 3.75. The van der Waals surface area contributed by atoms with E-state index < -0.39 is 5.97 Å². The molecule has 0 spiro atoms. The third kappa shape index (κ3) is 4.63. The Morgan fingerprint density at radius 2 is 1.78 bits per heavy atom. The summed E-state index contributed by atoms with van der Waals surface area (Å²) in [5.74, 6) is -0.0240. The van der Waals surface area contributed by atoms with Gasteiger partial charge in [0, 0.05) is 19.8 Å². The Bertz CT molecular complexity index is 389. The van der Waals surface area contributed by atoms with Crippen LogP contribution in [0.1, 0.15) is 23.2 Å². The van der Waals surface area contributed by atoms with Gasteiger partial charge in [0.15, 0.2) is 0 Å². The molecule has 0 atom stereocenters. The van der Waals surface area contributed by atoms with Gasteiger partial charge in [0.05, 0.1) is 19.3 Å².